The molecule has 0 radical (unpaired) electrons. The number of benzene rings is 1. The van der Waals surface area contributed by atoms with Crippen molar-refractivity contribution in [1.29, 1.82) is 0 Å². The number of nitro groups is 1. The highest BCUT2D eigenvalue weighted by Gasteiger charge is 2.31. The van der Waals surface area contributed by atoms with Crippen LogP contribution in [0.2, 0.25) is 10.0 Å². The number of ether oxygens (including phenoxy) is 1. The molecule has 1 atom stereocenters. The fourth-order valence-corrected chi connectivity index (χ4v) is 2.37. The summed E-state index contributed by atoms with van der Waals surface area (Å²) in [6.07, 6.45) is 0.799. The minimum absolute atomic E-state index is 0.116. The first kappa shape index (κ1) is 22.3. The van der Waals surface area contributed by atoms with Crippen molar-refractivity contribution < 1.29 is 33.5 Å². The highest BCUT2D eigenvalue weighted by molar-refractivity contribution is 6.41. The molecular weight excluding hydrogens is 410 g/mol. The van der Waals surface area contributed by atoms with Gasteiger partial charge in [-0.3, -0.25) is 19.7 Å². The maximum Gasteiger partial charge on any atom is 0.341 e. The summed E-state index contributed by atoms with van der Waals surface area (Å²) < 4.78 is 18.5. The number of carbonyl (C=O) groups is 3. The van der Waals surface area contributed by atoms with Gasteiger partial charge in [-0.15, -0.1) is 0 Å². The number of carboxylic acids is 1. The van der Waals surface area contributed by atoms with Crippen LogP contribution in [0, 0.1) is 15.9 Å². The summed E-state index contributed by atoms with van der Waals surface area (Å²) in [7, 11) is 0. The molecule has 0 amide bonds. The highest BCUT2D eigenvalue weighted by Crippen LogP contribution is 2.38. The second-order valence-electron chi connectivity index (χ2n) is 5.20. The van der Waals surface area contributed by atoms with E-state index >= 15 is 0 Å². The van der Waals surface area contributed by atoms with Gasteiger partial charge in [0.15, 0.2) is 5.02 Å². The number of nitro benzene ring substituents is 1. The lowest BCUT2D eigenvalue weighted by Crippen LogP contribution is -2.29. The van der Waals surface area contributed by atoms with E-state index in [2.05, 4.69) is 5.32 Å². The molecule has 0 heterocycles. The Hall–Kier alpha value is -2.72. The van der Waals surface area contributed by atoms with Gasteiger partial charge < -0.3 is 15.2 Å². The molecule has 0 aromatic heterocycles. The van der Waals surface area contributed by atoms with E-state index in [0.717, 1.165) is 6.20 Å². The number of aliphatic carboxylic acids is 1. The van der Waals surface area contributed by atoms with E-state index in [0.29, 0.717) is 6.07 Å². The van der Waals surface area contributed by atoms with Crippen LogP contribution in [0.1, 0.15) is 24.2 Å². The molecule has 0 bridgehead atoms. The summed E-state index contributed by atoms with van der Waals surface area (Å²) in [5.74, 6) is -4.84. The minimum Gasteiger partial charge on any atom is -0.477 e. The van der Waals surface area contributed by atoms with Crippen molar-refractivity contribution in [3.05, 3.63) is 49.4 Å². The number of hydrogen-bond acceptors (Lipinski definition) is 7. The smallest absolute Gasteiger partial charge is 0.341 e. The zero-order valence-corrected chi connectivity index (χ0v) is 15.4. The predicted octanol–water partition coefficient (Wildman–Crippen LogP) is 2.73. The van der Waals surface area contributed by atoms with Gasteiger partial charge in [-0.25, -0.2) is 9.18 Å². The number of carbonyl (C=O) groups excluding carboxylic acids is 2. The quantitative estimate of drug-likeness (QED) is 0.0952. The predicted molar refractivity (Wildman–Crippen MR) is 92.4 cm³/mol. The normalized spacial score (nSPS) is 12.3. The Bertz CT molecular complexity index is 842. The summed E-state index contributed by atoms with van der Waals surface area (Å²) in [6, 6.07) is -0.0539. The van der Waals surface area contributed by atoms with Crippen LogP contribution in [0.5, 0.6) is 0 Å². The summed E-state index contributed by atoms with van der Waals surface area (Å²) >= 11 is 11.2. The number of carboxylic acid groups (broad SMARTS) is 1. The lowest BCUT2D eigenvalue weighted by molar-refractivity contribution is -0.384. The molecule has 12 heteroatoms. The van der Waals surface area contributed by atoms with Gasteiger partial charge in [0, 0.05) is 13.1 Å². The van der Waals surface area contributed by atoms with Gasteiger partial charge in [0.1, 0.15) is 23.0 Å². The summed E-state index contributed by atoms with van der Waals surface area (Å²) in [5.41, 5.74) is -2.67. The average molecular weight is 423 g/mol. The Kier molecular flexibility index (Phi) is 7.68. The van der Waals surface area contributed by atoms with Crippen molar-refractivity contribution in [2.75, 3.05) is 6.61 Å². The molecule has 0 fully saturated rings. The van der Waals surface area contributed by atoms with Crippen molar-refractivity contribution in [2.24, 2.45) is 0 Å². The van der Waals surface area contributed by atoms with Crippen LogP contribution in [0.25, 0.3) is 0 Å². The van der Waals surface area contributed by atoms with Gasteiger partial charge in [0.05, 0.1) is 16.5 Å². The number of esters is 1. The van der Waals surface area contributed by atoms with Gasteiger partial charge in [-0.05, 0) is 13.0 Å². The molecule has 1 aromatic rings. The lowest BCUT2D eigenvalue weighted by Gasteiger charge is -2.12. The van der Waals surface area contributed by atoms with Gasteiger partial charge in [0.25, 0.3) is 0 Å². The van der Waals surface area contributed by atoms with Gasteiger partial charge in [-0.2, -0.15) is 0 Å². The summed E-state index contributed by atoms with van der Waals surface area (Å²) in [6.45, 7) is 2.59. The maximum atomic E-state index is 13.8. The number of Topliss-reactive ketones (excluding diaryl/α,β-unsaturated/α-hetero) is 1. The number of halogens is 3. The topological polar surface area (TPSA) is 136 Å². The Morgan fingerprint density at radius 2 is 2.00 bits per heavy atom. The Morgan fingerprint density at radius 3 is 2.48 bits per heavy atom. The monoisotopic (exact) mass is 422 g/mol. The van der Waals surface area contributed by atoms with E-state index in [1.54, 1.807) is 0 Å². The summed E-state index contributed by atoms with van der Waals surface area (Å²) in [5, 5.41) is 21.0. The highest BCUT2D eigenvalue weighted by atomic mass is 35.5. The fraction of sp³-hybridized carbons (Fsp3) is 0.267. The number of nitrogens with one attached hydrogen (secondary N) is 1. The molecule has 0 spiro atoms. The second-order valence-corrected chi connectivity index (χ2v) is 5.96. The standard InChI is InChI=1S/C15H13Cl2FN2O7/c1-6(5-27-7(2)21)19-4-9(15(23)24)14(22)8-3-10(18)12(17)13(11(8)16)20(25)26/h3-4,6,19H,5H2,1-2H3,(H,23,24)/t6-/m0/s1. The number of ketones is 1. The molecule has 146 valence electrons. The first-order valence-electron chi connectivity index (χ1n) is 7.16. The van der Waals surface area contributed by atoms with Gasteiger partial charge in [0.2, 0.25) is 5.78 Å². The molecule has 27 heavy (non-hydrogen) atoms. The van der Waals surface area contributed by atoms with Crippen LogP contribution >= 0.6 is 23.2 Å². The first-order valence-corrected chi connectivity index (χ1v) is 7.92. The SMILES string of the molecule is CC(=O)OC[C@H](C)NC=C(C(=O)O)C(=O)c1cc(F)c(Cl)c([N+](=O)[O-])c1Cl. The molecule has 1 aromatic carbocycles. The fourth-order valence-electron chi connectivity index (χ4n) is 1.80. The van der Waals surface area contributed by atoms with Gasteiger partial charge >= 0.3 is 17.6 Å². The van der Waals surface area contributed by atoms with Crippen molar-refractivity contribution in [2.45, 2.75) is 19.9 Å². The largest absolute Gasteiger partial charge is 0.477 e. The molecule has 0 saturated carbocycles. The van der Waals surface area contributed by atoms with Crippen molar-refractivity contribution in [3.63, 3.8) is 0 Å². The Morgan fingerprint density at radius 1 is 1.41 bits per heavy atom. The average Bonchev–Trinajstić information content (AvgIpc) is 2.55. The number of nitrogens with zero attached hydrogens (tertiary/aromatic N) is 1. The second kappa shape index (κ2) is 9.28. The third-order valence-electron chi connectivity index (χ3n) is 3.08. The van der Waals surface area contributed by atoms with E-state index in [1.165, 1.54) is 13.8 Å². The molecule has 0 aliphatic heterocycles. The van der Waals surface area contributed by atoms with Crippen LogP contribution in [0.15, 0.2) is 17.8 Å². The first-order chi connectivity index (χ1) is 12.5. The molecule has 2 N–H and O–H groups in total. The van der Waals surface area contributed by atoms with Crippen LogP contribution in [-0.2, 0) is 14.3 Å². The van der Waals surface area contributed by atoms with E-state index in [9.17, 15) is 34.0 Å². The third-order valence-corrected chi connectivity index (χ3v) is 3.83. The zero-order valence-electron chi connectivity index (χ0n) is 13.9. The van der Waals surface area contributed by atoms with Crippen LogP contribution in [0.4, 0.5) is 10.1 Å². The van der Waals surface area contributed by atoms with E-state index in [4.69, 9.17) is 27.9 Å². The molecule has 1 rings (SSSR count). The molecule has 9 nitrogen and oxygen atoms in total. The third kappa shape index (κ3) is 5.63. The Labute approximate surface area is 161 Å². The molecule has 0 saturated heterocycles. The molecule has 0 unspecified atom stereocenters. The van der Waals surface area contributed by atoms with Crippen molar-refractivity contribution in [1.82, 2.24) is 5.32 Å². The van der Waals surface area contributed by atoms with Crippen molar-refractivity contribution in [3.8, 4) is 0 Å². The van der Waals surface area contributed by atoms with E-state index in [-0.39, 0.29) is 6.61 Å². The molecule has 0 aliphatic rings. The van der Waals surface area contributed by atoms with Gasteiger partial charge in [-0.1, -0.05) is 23.2 Å². The van der Waals surface area contributed by atoms with Crippen LogP contribution < -0.4 is 5.32 Å². The number of rotatable bonds is 8. The Balaban J connectivity index is 3.26. The van der Waals surface area contributed by atoms with E-state index < -0.39 is 61.4 Å². The summed E-state index contributed by atoms with van der Waals surface area (Å²) in [4.78, 5) is 44.4. The minimum atomic E-state index is -1.69. The zero-order chi connectivity index (χ0) is 20.9. The van der Waals surface area contributed by atoms with E-state index in [1.807, 2.05) is 0 Å². The van der Waals surface area contributed by atoms with Crippen LogP contribution in [0.3, 0.4) is 0 Å². The maximum absolute atomic E-state index is 13.8. The molecule has 0 aliphatic carbocycles. The molecular formula is C15H13Cl2FN2O7. The number of hydrogen-bond donors (Lipinski definition) is 2. The van der Waals surface area contributed by atoms with Crippen LogP contribution in [-0.4, -0.2) is 40.4 Å². The lowest BCUT2D eigenvalue weighted by atomic mass is 10.0. The van der Waals surface area contributed by atoms with Crippen molar-refractivity contribution >= 4 is 46.6 Å².